The van der Waals surface area contributed by atoms with Crippen LogP contribution in [0.5, 0.6) is 0 Å². The highest BCUT2D eigenvalue weighted by Gasteiger charge is 2.21. The van der Waals surface area contributed by atoms with Gasteiger partial charge in [-0.05, 0) is 48.2 Å². The molecule has 0 amide bonds. The molecule has 2 aromatic rings. The van der Waals surface area contributed by atoms with Gasteiger partial charge in [-0.1, -0.05) is 27.5 Å². The predicted octanol–water partition coefficient (Wildman–Crippen LogP) is 3.85. The van der Waals surface area contributed by atoms with Crippen molar-refractivity contribution in [1.82, 2.24) is 14.7 Å². The number of benzene rings is 1. The van der Waals surface area contributed by atoms with Crippen molar-refractivity contribution < 1.29 is 4.79 Å². The number of hydrogen-bond donors (Lipinski definition) is 0. The Morgan fingerprint density at radius 1 is 1.38 bits per heavy atom. The fourth-order valence-electron chi connectivity index (χ4n) is 1.85. The lowest BCUT2D eigenvalue weighted by Crippen LogP contribution is -2.21. The van der Waals surface area contributed by atoms with E-state index in [0.29, 0.717) is 22.8 Å². The van der Waals surface area contributed by atoms with E-state index in [-0.39, 0.29) is 5.78 Å². The van der Waals surface area contributed by atoms with E-state index in [2.05, 4.69) is 37.0 Å². The van der Waals surface area contributed by atoms with Crippen molar-refractivity contribution >= 4 is 49.2 Å². The largest absolute Gasteiger partial charge is 0.308 e. The highest BCUT2D eigenvalue weighted by atomic mass is 79.9. The molecule has 0 unspecified atom stereocenters. The quantitative estimate of drug-likeness (QED) is 0.670. The summed E-state index contributed by atoms with van der Waals surface area (Å²) in [5, 5.41) is 4.56. The lowest BCUT2D eigenvalue weighted by atomic mass is 10.1. The van der Waals surface area contributed by atoms with Crippen LogP contribution in [0.15, 0.2) is 33.3 Å². The van der Waals surface area contributed by atoms with Crippen LogP contribution in [0, 0.1) is 0 Å². The van der Waals surface area contributed by atoms with Gasteiger partial charge in [0.15, 0.2) is 0 Å². The highest BCUT2D eigenvalue weighted by Crippen LogP contribution is 2.26. The van der Waals surface area contributed by atoms with E-state index in [9.17, 15) is 4.79 Å². The normalized spacial score (nSPS) is 11.1. The molecule has 112 valence electrons. The van der Waals surface area contributed by atoms with Crippen LogP contribution < -0.4 is 0 Å². The van der Waals surface area contributed by atoms with Gasteiger partial charge < -0.3 is 4.90 Å². The van der Waals surface area contributed by atoms with Crippen LogP contribution in [0.25, 0.3) is 0 Å². The van der Waals surface area contributed by atoms with Gasteiger partial charge in [0.1, 0.15) is 5.69 Å². The van der Waals surface area contributed by atoms with Gasteiger partial charge in [0.05, 0.1) is 17.8 Å². The van der Waals surface area contributed by atoms with Gasteiger partial charge in [-0.25, -0.2) is 0 Å². The number of likely N-dealkylation sites (N-methyl/N-ethyl adjacent to an activating group) is 1. The molecule has 0 saturated carbocycles. The molecule has 0 N–H and O–H groups in total. The Bertz CT molecular complexity index is 670. The molecule has 0 bridgehead atoms. The molecule has 7 heteroatoms. The lowest BCUT2D eigenvalue weighted by Gasteiger charge is -2.12. The standard InChI is InChI=1S/C14H14Br2ClN3O/c1-19(2)5-6-20-13(12(17)8-18-20)14(21)10-4-3-9(15)7-11(10)16/h3-4,7-8H,5-6H2,1-2H3. The third-order valence-electron chi connectivity index (χ3n) is 2.94. The summed E-state index contributed by atoms with van der Waals surface area (Å²) in [6.07, 6.45) is 1.51. The maximum Gasteiger partial charge on any atom is 0.213 e. The topological polar surface area (TPSA) is 38.1 Å². The maximum absolute atomic E-state index is 12.7. The molecule has 0 saturated heterocycles. The van der Waals surface area contributed by atoms with Crippen molar-refractivity contribution in [3.05, 3.63) is 49.6 Å². The van der Waals surface area contributed by atoms with Crippen LogP contribution in [0.2, 0.25) is 5.02 Å². The first-order valence-corrected chi connectivity index (χ1v) is 8.22. The predicted molar refractivity (Wildman–Crippen MR) is 91.1 cm³/mol. The first-order chi connectivity index (χ1) is 9.90. The summed E-state index contributed by atoms with van der Waals surface area (Å²) >= 11 is 12.9. The summed E-state index contributed by atoms with van der Waals surface area (Å²) in [7, 11) is 3.94. The molecule has 0 aliphatic rings. The summed E-state index contributed by atoms with van der Waals surface area (Å²) < 4.78 is 3.27. The SMILES string of the molecule is CN(C)CCn1ncc(Cl)c1C(=O)c1ccc(Br)cc1Br. The van der Waals surface area contributed by atoms with Crippen LogP contribution >= 0.6 is 43.5 Å². The number of nitrogens with zero attached hydrogens (tertiary/aromatic N) is 3. The van der Waals surface area contributed by atoms with Gasteiger partial charge >= 0.3 is 0 Å². The molecular formula is C14H14Br2ClN3O. The second-order valence-electron chi connectivity index (χ2n) is 4.82. The number of rotatable bonds is 5. The van der Waals surface area contributed by atoms with E-state index in [0.717, 1.165) is 15.5 Å². The molecule has 1 aromatic heterocycles. The van der Waals surface area contributed by atoms with Crippen molar-refractivity contribution in [2.75, 3.05) is 20.6 Å². The van der Waals surface area contributed by atoms with Gasteiger partial charge in [0.25, 0.3) is 0 Å². The van der Waals surface area contributed by atoms with Crippen molar-refractivity contribution in [1.29, 1.82) is 0 Å². The minimum Gasteiger partial charge on any atom is -0.308 e. The minimum atomic E-state index is -0.143. The van der Waals surface area contributed by atoms with E-state index >= 15 is 0 Å². The third kappa shape index (κ3) is 3.94. The van der Waals surface area contributed by atoms with Crippen LogP contribution in [-0.2, 0) is 6.54 Å². The van der Waals surface area contributed by atoms with E-state index in [1.54, 1.807) is 10.7 Å². The number of ketones is 1. The molecule has 0 spiro atoms. The highest BCUT2D eigenvalue weighted by molar-refractivity contribution is 9.11. The van der Waals surface area contributed by atoms with Crippen molar-refractivity contribution in [2.24, 2.45) is 0 Å². The number of carbonyl (C=O) groups excluding carboxylic acids is 1. The summed E-state index contributed by atoms with van der Waals surface area (Å²) in [5.41, 5.74) is 0.980. The van der Waals surface area contributed by atoms with E-state index in [1.165, 1.54) is 6.20 Å². The van der Waals surface area contributed by atoms with Gasteiger partial charge in [0.2, 0.25) is 5.78 Å². The Balaban J connectivity index is 2.36. The Kier molecular flexibility index (Phi) is 5.60. The summed E-state index contributed by atoms with van der Waals surface area (Å²) in [4.78, 5) is 14.7. The van der Waals surface area contributed by atoms with Gasteiger partial charge in [-0.15, -0.1) is 0 Å². The van der Waals surface area contributed by atoms with Gasteiger partial charge in [0, 0.05) is 21.1 Å². The fourth-order valence-corrected chi connectivity index (χ4v) is 3.31. The van der Waals surface area contributed by atoms with Crippen LogP contribution in [0.3, 0.4) is 0 Å². The molecule has 0 atom stereocenters. The summed E-state index contributed by atoms with van der Waals surface area (Å²) in [6, 6.07) is 5.42. The van der Waals surface area contributed by atoms with Crippen LogP contribution in [-0.4, -0.2) is 41.1 Å². The Morgan fingerprint density at radius 3 is 2.71 bits per heavy atom. The van der Waals surface area contributed by atoms with Crippen molar-refractivity contribution in [3.63, 3.8) is 0 Å². The summed E-state index contributed by atoms with van der Waals surface area (Å²) in [6.45, 7) is 1.38. The minimum absolute atomic E-state index is 0.143. The average molecular weight is 436 g/mol. The molecule has 1 aromatic carbocycles. The average Bonchev–Trinajstić information content (AvgIpc) is 2.77. The smallest absolute Gasteiger partial charge is 0.213 e. The molecule has 4 nitrogen and oxygen atoms in total. The lowest BCUT2D eigenvalue weighted by molar-refractivity contribution is 0.102. The first-order valence-electron chi connectivity index (χ1n) is 6.26. The molecule has 0 aliphatic carbocycles. The number of hydrogen-bond acceptors (Lipinski definition) is 3. The fraction of sp³-hybridized carbons (Fsp3) is 0.286. The number of carbonyl (C=O) groups is 1. The van der Waals surface area contributed by atoms with E-state index < -0.39 is 0 Å². The molecule has 1 heterocycles. The Morgan fingerprint density at radius 2 is 2.10 bits per heavy atom. The van der Waals surface area contributed by atoms with E-state index in [4.69, 9.17) is 11.6 Å². The van der Waals surface area contributed by atoms with Crippen LogP contribution in [0.4, 0.5) is 0 Å². The molecule has 0 fully saturated rings. The van der Waals surface area contributed by atoms with Crippen molar-refractivity contribution in [2.45, 2.75) is 6.54 Å². The number of aromatic nitrogens is 2. The van der Waals surface area contributed by atoms with Crippen molar-refractivity contribution in [3.8, 4) is 0 Å². The summed E-state index contributed by atoms with van der Waals surface area (Å²) in [5.74, 6) is -0.143. The van der Waals surface area contributed by atoms with Gasteiger partial charge in [-0.3, -0.25) is 9.48 Å². The first kappa shape index (κ1) is 16.7. The zero-order chi connectivity index (χ0) is 15.6. The molecule has 0 aliphatic heterocycles. The zero-order valence-electron chi connectivity index (χ0n) is 11.6. The number of halogens is 3. The third-order valence-corrected chi connectivity index (χ3v) is 4.37. The monoisotopic (exact) mass is 433 g/mol. The second kappa shape index (κ2) is 7.05. The Labute approximate surface area is 145 Å². The Hall–Kier alpha value is -0.690. The molecular weight excluding hydrogens is 421 g/mol. The molecule has 21 heavy (non-hydrogen) atoms. The maximum atomic E-state index is 12.7. The molecule has 2 rings (SSSR count). The molecule has 0 radical (unpaired) electrons. The van der Waals surface area contributed by atoms with Gasteiger partial charge in [-0.2, -0.15) is 5.10 Å². The van der Waals surface area contributed by atoms with E-state index in [1.807, 2.05) is 31.1 Å². The second-order valence-corrected chi connectivity index (χ2v) is 7.00. The zero-order valence-corrected chi connectivity index (χ0v) is 15.5. The van der Waals surface area contributed by atoms with Crippen LogP contribution in [0.1, 0.15) is 16.1 Å².